The predicted octanol–water partition coefficient (Wildman–Crippen LogP) is 2.75. The number of anilines is 2. The molecule has 0 saturated carbocycles. The molecule has 0 atom stereocenters. The molecule has 0 saturated heterocycles. The highest BCUT2D eigenvalue weighted by molar-refractivity contribution is 6.07. The molecule has 0 aliphatic heterocycles. The summed E-state index contributed by atoms with van der Waals surface area (Å²) in [6.07, 6.45) is 0. The molecule has 0 aliphatic carbocycles. The molecule has 3 rings (SSSR count). The second-order valence-corrected chi connectivity index (χ2v) is 3.58. The standard InChI is InChI=1S/C12H10N2O/c13-9-5-8-7-3-1-2-4-11(7)15-12(8)6-10(9)14/h1-6H,13-14H2. The zero-order valence-corrected chi connectivity index (χ0v) is 8.03. The van der Waals surface area contributed by atoms with Crippen molar-refractivity contribution in [3.05, 3.63) is 36.4 Å². The molecule has 4 N–H and O–H groups in total. The van der Waals surface area contributed by atoms with E-state index in [1.165, 1.54) is 0 Å². The maximum Gasteiger partial charge on any atom is 0.137 e. The third-order valence-corrected chi connectivity index (χ3v) is 2.58. The van der Waals surface area contributed by atoms with E-state index in [0.717, 1.165) is 21.9 Å². The summed E-state index contributed by atoms with van der Waals surface area (Å²) in [7, 11) is 0. The molecule has 74 valence electrons. The molecule has 1 heterocycles. The molecule has 2 aromatic carbocycles. The van der Waals surface area contributed by atoms with Crippen LogP contribution in [0.25, 0.3) is 21.9 Å². The SMILES string of the molecule is Nc1cc2oc3ccccc3c2cc1N. The number of furan rings is 1. The van der Waals surface area contributed by atoms with Gasteiger partial charge in [-0.2, -0.15) is 0 Å². The van der Waals surface area contributed by atoms with E-state index in [2.05, 4.69) is 0 Å². The highest BCUT2D eigenvalue weighted by atomic mass is 16.3. The predicted molar refractivity (Wildman–Crippen MR) is 62.5 cm³/mol. The lowest BCUT2D eigenvalue weighted by atomic mass is 10.1. The lowest BCUT2D eigenvalue weighted by Crippen LogP contribution is -1.92. The molecule has 15 heavy (non-hydrogen) atoms. The molecule has 0 radical (unpaired) electrons. The van der Waals surface area contributed by atoms with Gasteiger partial charge in [-0.1, -0.05) is 18.2 Å². The summed E-state index contributed by atoms with van der Waals surface area (Å²) in [5, 5.41) is 2.08. The van der Waals surface area contributed by atoms with Gasteiger partial charge in [-0.3, -0.25) is 0 Å². The van der Waals surface area contributed by atoms with Gasteiger partial charge in [0.1, 0.15) is 11.2 Å². The number of para-hydroxylation sites is 1. The van der Waals surface area contributed by atoms with E-state index in [1.807, 2.05) is 30.3 Å². The Bertz CT molecular complexity index is 655. The van der Waals surface area contributed by atoms with Gasteiger partial charge < -0.3 is 15.9 Å². The number of nitrogen functional groups attached to an aromatic ring is 2. The Hall–Kier alpha value is -2.16. The average molecular weight is 198 g/mol. The molecule has 0 unspecified atom stereocenters. The highest BCUT2D eigenvalue weighted by Crippen LogP contribution is 2.32. The van der Waals surface area contributed by atoms with Gasteiger partial charge in [-0.25, -0.2) is 0 Å². The first-order valence-electron chi connectivity index (χ1n) is 4.72. The fourth-order valence-electron chi connectivity index (χ4n) is 1.80. The molecule has 0 spiro atoms. The molecule has 3 nitrogen and oxygen atoms in total. The lowest BCUT2D eigenvalue weighted by molar-refractivity contribution is 0.669. The summed E-state index contributed by atoms with van der Waals surface area (Å²) in [6, 6.07) is 11.5. The van der Waals surface area contributed by atoms with E-state index in [0.29, 0.717) is 11.4 Å². The van der Waals surface area contributed by atoms with E-state index in [9.17, 15) is 0 Å². The van der Waals surface area contributed by atoms with Crippen LogP contribution in [0.4, 0.5) is 11.4 Å². The summed E-state index contributed by atoms with van der Waals surface area (Å²) in [5.41, 5.74) is 14.3. The van der Waals surface area contributed by atoms with Crippen molar-refractivity contribution in [3.8, 4) is 0 Å². The Morgan fingerprint density at radius 1 is 0.800 bits per heavy atom. The van der Waals surface area contributed by atoms with E-state index >= 15 is 0 Å². The smallest absolute Gasteiger partial charge is 0.137 e. The number of rotatable bonds is 0. The van der Waals surface area contributed by atoms with Crippen LogP contribution in [-0.4, -0.2) is 0 Å². The quantitative estimate of drug-likeness (QED) is 0.546. The maximum atomic E-state index is 5.77. The second kappa shape index (κ2) is 2.67. The highest BCUT2D eigenvalue weighted by Gasteiger charge is 2.07. The van der Waals surface area contributed by atoms with Crippen molar-refractivity contribution in [2.45, 2.75) is 0 Å². The molecule has 0 amide bonds. The van der Waals surface area contributed by atoms with Gasteiger partial charge in [0.15, 0.2) is 0 Å². The van der Waals surface area contributed by atoms with Crippen molar-refractivity contribution >= 4 is 33.3 Å². The first-order valence-corrected chi connectivity index (χ1v) is 4.72. The van der Waals surface area contributed by atoms with E-state index in [1.54, 1.807) is 6.07 Å². The minimum absolute atomic E-state index is 0.557. The molecular formula is C12H10N2O. The Labute approximate surface area is 86.3 Å². The summed E-state index contributed by atoms with van der Waals surface area (Å²) in [6.45, 7) is 0. The Balaban J connectivity index is 2.56. The van der Waals surface area contributed by atoms with Gasteiger partial charge in [0, 0.05) is 16.8 Å². The van der Waals surface area contributed by atoms with Crippen molar-refractivity contribution in [3.63, 3.8) is 0 Å². The average Bonchev–Trinajstić information content (AvgIpc) is 2.57. The molecule has 3 heteroatoms. The van der Waals surface area contributed by atoms with E-state index in [-0.39, 0.29) is 0 Å². The summed E-state index contributed by atoms with van der Waals surface area (Å²) in [4.78, 5) is 0. The van der Waals surface area contributed by atoms with Gasteiger partial charge in [-0.15, -0.1) is 0 Å². The van der Waals surface area contributed by atoms with E-state index in [4.69, 9.17) is 15.9 Å². The normalized spacial score (nSPS) is 11.2. The van der Waals surface area contributed by atoms with Crippen LogP contribution >= 0.6 is 0 Å². The molecule has 0 bridgehead atoms. The molecule has 0 aliphatic rings. The lowest BCUT2D eigenvalue weighted by Gasteiger charge is -1.98. The number of nitrogens with two attached hydrogens (primary N) is 2. The van der Waals surface area contributed by atoms with Gasteiger partial charge in [0.25, 0.3) is 0 Å². The molecule has 1 aromatic heterocycles. The van der Waals surface area contributed by atoms with Crippen LogP contribution in [0.3, 0.4) is 0 Å². The number of hydrogen-bond donors (Lipinski definition) is 2. The fraction of sp³-hybridized carbons (Fsp3) is 0. The van der Waals surface area contributed by atoms with Crippen LogP contribution in [0, 0.1) is 0 Å². The van der Waals surface area contributed by atoms with Crippen LogP contribution in [0.2, 0.25) is 0 Å². The zero-order valence-electron chi connectivity index (χ0n) is 8.03. The topological polar surface area (TPSA) is 65.2 Å². The third-order valence-electron chi connectivity index (χ3n) is 2.58. The van der Waals surface area contributed by atoms with Gasteiger partial charge >= 0.3 is 0 Å². The van der Waals surface area contributed by atoms with Gasteiger partial charge in [0.05, 0.1) is 11.4 Å². The monoisotopic (exact) mass is 198 g/mol. The third kappa shape index (κ3) is 1.06. The minimum Gasteiger partial charge on any atom is -0.456 e. The van der Waals surface area contributed by atoms with Gasteiger partial charge in [-0.05, 0) is 12.1 Å². The Morgan fingerprint density at radius 2 is 1.53 bits per heavy atom. The van der Waals surface area contributed by atoms with Crippen LogP contribution in [-0.2, 0) is 0 Å². The van der Waals surface area contributed by atoms with Crippen LogP contribution in [0.5, 0.6) is 0 Å². The minimum atomic E-state index is 0.557. The first kappa shape index (κ1) is 8.17. The molecule has 0 fully saturated rings. The molecular weight excluding hydrogens is 188 g/mol. The second-order valence-electron chi connectivity index (χ2n) is 3.58. The van der Waals surface area contributed by atoms with Crippen molar-refractivity contribution in [1.29, 1.82) is 0 Å². The van der Waals surface area contributed by atoms with Crippen LogP contribution in [0.1, 0.15) is 0 Å². The Kier molecular flexibility index (Phi) is 1.45. The number of fused-ring (bicyclic) bond motifs is 3. The summed E-state index contributed by atoms with van der Waals surface area (Å²) >= 11 is 0. The first-order chi connectivity index (χ1) is 7.25. The van der Waals surface area contributed by atoms with Crippen molar-refractivity contribution < 1.29 is 4.42 Å². The fourth-order valence-corrected chi connectivity index (χ4v) is 1.80. The largest absolute Gasteiger partial charge is 0.456 e. The van der Waals surface area contributed by atoms with Crippen LogP contribution < -0.4 is 11.5 Å². The zero-order chi connectivity index (χ0) is 10.4. The Morgan fingerprint density at radius 3 is 2.40 bits per heavy atom. The van der Waals surface area contributed by atoms with Crippen LogP contribution in [0.15, 0.2) is 40.8 Å². The molecule has 3 aromatic rings. The summed E-state index contributed by atoms with van der Waals surface area (Å²) < 4.78 is 5.65. The van der Waals surface area contributed by atoms with Gasteiger partial charge in [0.2, 0.25) is 0 Å². The number of hydrogen-bond acceptors (Lipinski definition) is 3. The van der Waals surface area contributed by atoms with E-state index < -0.39 is 0 Å². The maximum absolute atomic E-state index is 5.77. The number of benzene rings is 2. The van der Waals surface area contributed by atoms with Crippen molar-refractivity contribution in [2.24, 2.45) is 0 Å². The van der Waals surface area contributed by atoms with Crippen molar-refractivity contribution in [2.75, 3.05) is 11.5 Å². The summed E-state index contributed by atoms with van der Waals surface area (Å²) in [5.74, 6) is 0. The van der Waals surface area contributed by atoms with Crippen molar-refractivity contribution in [1.82, 2.24) is 0 Å².